The molecule has 25 heavy (non-hydrogen) atoms. The van der Waals surface area contributed by atoms with Crippen molar-refractivity contribution in [1.29, 1.82) is 0 Å². The average Bonchev–Trinajstić information content (AvgIpc) is 3.27. The Morgan fingerprint density at radius 2 is 2.12 bits per heavy atom. The zero-order chi connectivity index (χ0) is 17.2. The number of carbonyl (C=O) groups excluding carboxylic acids is 1. The quantitative estimate of drug-likeness (QED) is 0.765. The Morgan fingerprint density at radius 1 is 1.32 bits per heavy atom. The number of thiazole rings is 1. The highest BCUT2D eigenvalue weighted by atomic mass is 32.1. The highest BCUT2D eigenvalue weighted by Gasteiger charge is 2.33. The fraction of sp³-hybridized carbons (Fsp3) is 0.333. The Bertz CT molecular complexity index is 866. The first-order valence-electron chi connectivity index (χ1n) is 8.45. The SMILES string of the molecule is CCc1cn(C2CC(NC(=O)c3ncc(-c4ccccc4)s3)C2)nn1. The van der Waals surface area contributed by atoms with E-state index in [-0.39, 0.29) is 11.9 Å². The Labute approximate surface area is 149 Å². The molecular weight excluding hydrogens is 334 g/mol. The van der Waals surface area contributed by atoms with Crippen LogP contribution in [-0.2, 0) is 6.42 Å². The monoisotopic (exact) mass is 353 g/mol. The van der Waals surface area contributed by atoms with Crippen LogP contribution in [0.15, 0.2) is 42.7 Å². The summed E-state index contributed by atoms with van der Waals surface area (Å²) in [5.41, 5.74) is 2.09. The summed E-state index contributed by atoms with van der Waals surface area (Å²) in [6, 6.07) is 10.5. The van der Waals surface area contributed by atoms with Gasteiger partial charge in [0.15, 0.2) is 5.01 Å². The molecular formula is C18H19N5OS. The number of nitrogens with one attached hydrogen (secondary N) is 1. The second-order valence-electron chi connectivity index (χ2n) is 6.23. The van der Waals surface area contributed by atoms with Crippen molar-refractivity contribution in [3.05, 3.63) is 53.4 Å². The average molecular weight is 353 g/mol. The number of benzene rings is 1. The van der Waals surface area contributed by atoms with E-state index in [1.165, 1.54) is 11.3 Å². The molecule has 2 aromatic heterocycles. The fourth-order valence-corrected chi connectivity index (χ4v) is 3.76. The number of carbonyl (C=O) groups is 1. The van der Waals surface area contributed by atoms with Crippen molar-refractivity contribution in [3.8, 4) is 10.4 Å². The largest absolute Gasteiger partial charge is 0.347 e. The molecule has 1 aliphatic rings. The molecule has 128 valence electrons. The van der Waals surface area contributed by atoms with Crippen LogP contribution < -0.4 is 5.32 Å². The molecule has 0 spiro atoms. The van der Waals surface area contributed by atoms with Gasteiger partial charge in [0, 0.05) is 18.4 Å². The van der Waals surface area contributed by atoms with Gasteiger partial charge in [-0.1, -0.05) is 42.5 Å². The summed E-state index contributed by atoms with van der Waals surface area (Å²) in [5.74, 6) is -0.0940. The second kappa shape index (κ2) is 6.76. The van der Waals surface area contributed by atoms with Gasteiger partial charge in [-0.25, -0.2) is 9.67 Å². The summed E-state index contributed by atoms with van der Waals surface area (Å²) in [7, 11) is 0. The van der Waals surface area contributed by atoms with Gasteiger partial charge in [0.25, 0.3) is 5.91 Å². The molecule has 1 saturated carbocycles. The molecule has 1 aromatic carbocycles. The molecule has 7 heteroatoms. The Hall–Kier alpha value is -2.54. The highest BCUT2D eigenvalue weighted by molar-refractivity contribution is 7.16. The summed E-state index contributed by atoms with van der Waals surface area (Å²) in [5, 5.41) is 11.9. The predicted molar refractivity (Wildman–Crippen MR) is 96.5 cm³/mol. The number of aryl methyl sites for hydroxylation is 1. The van der Waals surface area contributed by atoms with Crippen LogP contribution in [-0.4, -0.2) is 31.9 Å². The smallest absolute Gasteiger partial charge is 0.280 e. The lowest BCUT2D eigenvalue weighted by Crippen LogP contribution is -2.45. The van der Waals surface area contributed by atoms with E-state index in [9.17, 15) is 4.79 Å². The lowest BCUT2D eigenvalue weighted by Gasteiger charge is -2.35. The van der Waals surface area contributed by atoms with Crippen LogP contribution in [0.25, 0.3) is 10.4 Å². The number of hydrogen-bond acceptors (Lipinski definition) is 5. The first-order valence-corrected chi connectivity index (χ1v) is 9.27. The lowest BCUT2D eigenvalue weighted by atomic mass is 9.87. The zero-order valence-corrected chi connectivity index (χ0v) is 14.7. The normalized spacial score (nSPS) is 19.4. The third kappa shape index (κ3) is 3.32. The van der Waals surface area contributed by atoms with Crippen LogP contribution in [0, 0.1) is 0 Å². The topological polar surface area (TPSA) is 72.7 Å². The van der Waals surface area contributed by atoms with Crippen LogP contribution in [0.1, 0.15) is 41.3 Å². The van der Waals surface area contributed by atoms with E-state index < -0.39 is 0 Å². The molecule has 6 nitrogen and oxygen atoms in total. The molecule has 0 radical (unpaired) electrons. The standard InChI is InChI=1S/C18H19N5OS/c1-2-13-11-23(22-21-13)15-8-14(9-15)20-17(24)18-19-10-16(25-18)12-6-4-3-5-7-12/h3-7,10-11,14-15H,2,8-9H2,1H3,(H,20,24). The van der Waals surface area contributed by atoms with E-state index in [4.69, 9.17) is 0 Å². The maximum Gasteiger partial charge on any atom is 0.280 e. The molecule has 1 N–H and O–H groups in total. The van der Waals surface area contributed by atoms with Gasteiger partial charge in [-0.15, -0.1) is 16.4 Å². The van der Waals surface area contributed by atoms with Crippen molar-refractivity contribution in [2.75, 3.05) is 0 Å². The van der Waals surface area contributed by atoms with Gasteiger partial charge in [-0.3, -0.25) is 4.79 Å². The Balaban J connectivity index is 1.34. The number of nitrogens with zero attached hydrogens (tertiary/aromatic N) is 4. The minimum Gasteiger partial charge on any atom is -0.347 e. The van der Waals surface area contributed by atoms with E-state index >= 15 is 0 Å². The minimum absolute atomic E-state index is 0.0940. The van der Waals surface area contributed by atoms with Gasteiger partial charge in [-0.05, 0) is 24.8 Å². The molecule has 1 amide bonds. The summed E-state index contributed by atoms with van der Waals surface area (Å²) in [6.45, 7) is 2.07. The maximum absolute atomic E-state index is 12.4. The second-order valence-corrected chi connectivity index (χ2v) is 7.27. The number of aromatic nitrogens is 4. The summed E-state index contributed by atoms with van der Waals surface area (Å²) < 4.78 is 1.92. The van der Waals surface area contributed by atoms with E-state index in [1.807, 2.05) is 41.2 Å². The molecule has 3 aromatic rings. The zero-order valence-electron chi connectivity index (χ0n) is 13.9. The van der Waals surface area contributed by atoms with Crippen molar-refractivity contribution in [2.45, 2.75) is 38.3 Å². The fourth-order valence-electron chi connectivity index (χ4n) is 2.94. The van der Waals surface area contributed by atoms with Crippen LogP contribution in [0.5, 0.6) is 0 Å². The van der Waals surface area contributed by atoms with Crippen LogP contribution in [0.4, 0.5) is 0 Å². The molecule has 1 aliphatic carbocycles. The van der Waals surface area contributed by atoms with Crippen molar-refractivity contribution in [2.24, 2.45) is 0 Å². The summed E-state index contributed by atoms with van der Waals surface area (Å²) >= 11 is 1.42. The number of amides is 1. The van der Waals surface area contributed by atoms with Gasteiger partial charge in [0.05, 0.1) is 16.6 Å². The van der Waals surface area contributed by atoms with Crippen LogP contribution >= 0.6 is 11.3 Å². The van der Waals surface area contributed by atoms with Gasteiger partial charge >= 0.3 is 0 Å². The summed E-state index contributed by atoms with van der Waals surface area (Å²) in [4.78, 5) is 17.7. The van der Waals surface area contributed by atoms with Crippen molar-refractivity contribution < 1.29 is 4.79 Å². The number of hydrogen-bond donors (Lipinski definition) is 1. The van der Waals surface area contributed by atoms with Crippen LogP contribution in [0.3, 0.4) is 0 Å². The van der Waals surface area contributed by atoms with Gasteiger partial charge in [0.2, 0.25) is 0 Å². The van der Waals surface area contributed by atoms with E-state index in [1.54, 1.807) is 6.20 Å². The molecule has 0 atom stereocenters. The lowest BCUT2D eigenvalue weighted by molar-refractivity contribution is 0.0887. The van der Waals surface area contributed by atoms with E-state index in [0.29, 0.717) is 11.0 Å². The molecule has 0 aliphatic heterocycles. The van der Waals surface area contributed by atoms with E-state index in [0.717, 1.165) is 35.4 Å². The summed E-state index contributed by atoms with van der Waals surface area (Å²) in [6.07, 6.45) is 6.42. The molecule has 0 unspecified atom stereocenters. The molecule has 0 saturated heterocycles. The van der Waals surface area contributed by atoms with Crippen molar-refractivity contribution >= 4 is 17.2 Å². The Morgan fingerprint density at radius 3 is 2.84 bits per heavy atom. The first kappa shape index (κ1) is 16.0. The van der Waals surface area contributed by atoms with Crippen LogP contribution in [0.2, 0.25) is 0 Å². The van der Waals surface area contributed by atoms with Gasteiger partial charge < -0.3 is 5.32 Å². The third-order valence-corrected chi connectivity index (χ3v) is 5.55. The highest BCUT2D eigenvalue weighted by Crippen LogP contribution is 2.32. The van der Waals surface area contributed by atoms with E-state index in [2.05, 4.69) is 27.5 Å². The van der Waals surface area contributed by atoms with Gasteiger partial charge in [-0.2, -0.15) is 0 Å². The third-order valence-electron chi connectivity index (χ3n) is 4.50. The van der Waals surface area contributed by atoms with Crippen molar-refractivity contribution in [1.82, 2.24) is 25.3 Å². The first-order chi connectivity index (χ1) is 12.2. The molecule has 1 fully saturated rings. The molecule has 4 rings (SSSR count). The molecule has 0 bridgehead atoms. The number of rotatable bonds is 5. The minimum atomic E-state index is -0.0940. The maximum atomic E-state index is 12.4. The van der Waals surface area contributed by atoms with Crippen molar-refractivity contribution in [3.63, 3.8) is 0 Å². The Kier molecular flexibility index (Phi) is 4.31. The molecule has 2 heterocycles. The predicted octanol–water partition coefficient (Wildman–Crippen LogP) is 3.10. The van der Waals surface area contributed by atoms with Gasteiger partial charge in [0.1, 0.15) is 0 Å².